The Morgan fingerprint density at radius 1 is 1.21 bits per heavy atom. The van der Waals surface area contributed by atoms with Gasteiger partial charge in [-0.3, -0.25) is 0 Å². The smallest absolute Gasteiger partial charge is 0.0431 e. The minimum Gasteiger partial charge on any atom is -0.396 e. The summed E-state index contributed by atoms with van der Waals surface area (Å²) in [6, 6.07) is 0.637. The van der Waals surface area contributed by atoms with Crippen LogP contribution in [0.25, 0.3) is 0 Å². The highest BCUT2D eigenvalue weighted by atomic mass is 16.2. The Balaban J connectivity index is 2.37. The fourth-order valence-corrected chi connectivity index (χ4v) is 2.95. The number of hydrogen-bond acceptors (Lipinski definition) is 4. The summed E-state index contributed by atoms with van der Waals surface area (Å²) in [6.45, 7) is 8.98. The minimum absolute atomic E-state index is 0.142. The van der Waals surface area contributed by atoms with Crippen LogP contribution in [0.15, 0.2) is 0 Å². The molecular formula is C15H33N3O. The van der Waals surface area contributed by atoms with Gasteiger partial charge in [-0.2, -0.15) is 0 Å². The summed E-state index contributed by atoms with van der Waals surface area (Å²) in [6.07, 6.45) is 6.73. The van der Waals surface area contributed by atoms with Crippen LogP contribution >= 0.6 is 0 Å². The fourth-order valence-electron chi connectivity index (χ4n) is 2.95. The Bertz CT molecular complexity index is 235. The Morgan fingerprint density at radius 3 is 2.63 bits per heavy atom. The van der Waals surface area contributed by atoms with E-state index >= 15 is 0 Å². The number of aliphatic hydroxyl groups excluding tert-OH is 1. The first-order valence-electron chi connectivity index (χ1n) is 7.93. The summed E-state index contributed by atoms with van der Waals surface area (Å²) < 4.78 is 0. The van der Waals surface area contributed by atoms with Gasteiger partial charge in [-0.25, -0.2) is 0 Å². The first-order valence-corrected chi connectivity index (χ1v) is 7.93. The lowest BCUT2D eigenvalue weighted by Gasteiger charge is -2.33. The first kappa shape index (κ1) is 16.9. The molecule has 0 aromatic carbocycles. The van der Waals surface area contributed by atoms with E-state index in [1.807, 2.05) is 0 Å². The average molecular weight is 271 g/mol. The summed E-state index contributed by atoms with van der Waals surface area (Å²) in [5, 5.41) is 12.5. The zero-order valence-corrected chi connectivity index (χ0v) is 12.8. The molecular weight excluding hydrogens is 238 g/mol. The van der Waals surface area contributed by atoms with Gasteiger partial charge in [0.2, 0.25) is 0 Å². The maximum atomic E-state index is 8.78. The molecule has 1 atom stereocenters. The number of nitrogens with one attached hydrogen (secondary N) is 1. The van der Waals surface area contributed by atoms with Gasteiger partial charge in [0.1, 0.15) is 0 Å². The maximum Gasteiger partial charge on any atom is 0.0431 e. The third-order valence-electron chi connectivity index (χ3n) is 4.43. The predicted octanol–water partition coefficient (Wildman–Crippen LogP) is 1.33. The Hall–Kier alpha value is -0.160. The van der Waals surface area contributed by atoms with Gasteiger partial charge in [-0.1, -0.05) is 0 Å². The van der Waals surface area contributed by atoms with Crippen LogP contribution in [0.4, 0.5) is 0 Å². The largest absolute Gasteiger partial charge is 0.396 e. The molecule has 4 N–H and O–H groups in total. The summed E-state index contributed by atoms with van der Waals surface area (Å²) in [5.41, 5.74) is 6.19. The van der Waals surface area contributed by atoms with Gasteiger partial charge in [0, 0.05) is 31.3 Å². The predicted molar refractivity (Wildman–Crippen MR) is 81.3 cm³/mol. The van der Waals surface area contributed by atoms with Gasteiger partial charge < -0.3 is 21.1 Å². The van der Waals surface area contributed by atoms with Crippen molar-refractivity contribution in [2.24, 2.45) is 5.73 Å². The molecule has 1 rings (SSSR count). The number of likely N-dealkylation sites (tertiary alicyclic amines) is 1. The third kappa shape index (κ3) is 5.78. The second-order valence-electron chi connectivity index (χ2n) is 6.18. The van der Waals surface area contributed by atoms with Crippen molar-refractivity contribution in [3.05, 3.63) is 0 Å². The molecule has 0 radical (unpaired) electrons. The van der Waals surface area contributed by atoms with Gasteiger partial charge in [-0.15, -0.1) is 0 Å². The number of unbranched alkanes of at least 4 members (excludes halogenated alkanes) is 2. The van der Waals surface area contributed by atoms with Crippen molar-refractivity contribution in [3.63, 3.8) is 0 Å². The molecule has 0 bridgehead atoms. The molecule has 1 unspecified atom stereocenters. The molecule has 1 heterocycles. The van der Waals surface area contributed by atoms with Gasteiger partial charge in [-0.05, 0) is 65.5 Å². The number of rotatable bonds is 8. The molecule has 1 fully saturated rings. The third-order valence-corrected chi connectivity index (χ3v) is 4.43. The molecule has 0 aliphatic carbocycles. The van der Waals surface area contributed by atoms with Crippen LogP contribution in [0.1, 0.15) is 52.4 Å². The second-order valence-corrected chi connectivity index (χ2v) is 6.18. The highest BCUT2D eigenvalue weighted by molar-refractivity contribution is 4.92. The van der Waals surface area contributed by atoms with E-state index < -0.39 is 0 Å². The Labute approximate surface area is 118 Å². The summed E-state index contributed by atoms with van der Waals surface area (Å²) in [5.74, 6) is 0. The van der Waals surface area contributed by atoms with Crippen molar-refractivity contribution in [2.45, 2.75) is 64.0 Å². The van der Waals surface area contributed by atoms with E-state index in [1.165, 1.54) is 19.4 Å². The Kier molecular flexibility index (Phi) is 7.91. The molecule has 1 saturated heterocycles. The van der Waals surface area contributed by atoms with Crippen LogP contribution in [0, 0.1) is 0 Å². The lowest BCUT2D eigenvalue weighted by molar-refractivity contribution is 0.218. The quantitative estimate of drug-likeness (QED) is 0.583. The number of nitrogens with zero attached hydrogens (tertiary/aromatic N) is 1. The van der Waals surface area contributed by atoms with Crippen molar-refractivity contribution in [2.75, 3.05) is 32.8 Å². The van der Waals surface area contributed by atoms with Crippen LogP contribution in [0.3, 0.4) is 0 Å². The lowest BCUT2D eigenvalue weighted by atomic mass is 9.90. The second kappa shape index (κ2) is 8.90. The average Bonchev–Trinajstić information content (AvgIpc) is 2.62. The summed E-state index contributed by atoms with van der Waals surface area (Å²) >= 11 is 0. The van der Waals surface area contributed by atoms with Crippen LogP contribution < -0.4 is 11.1 Å². The molecule has 0 aromatic heterocycles. The van der Waals surface area contributed by atoms with Crippen molar-refractivity contribution in [1.29, 1.82) is 0 Å². The standard InChI is InChI=1S/C15H33N3O/c1-14(2)18-10-6-7-15(13-16,8-11-18)17-9-4-3-5-12-19/h14,17,19H,3-13,16H2,1-2H3. The fraction of sp³-hybridized carbons (Fsp3) is 1.00. The zero-order valence-electron chi connectivity index (χ0n) is 12.8. The van der Waals surface area contributed by atoms with Gasteiger partial charge >= 0.3 is 0 Å². The summed E-state index contributed by atoms with van der Waals surface area (Å²) in [7, 11) is 0. The van der Waals surface area contributed by atoms with Gasteiger partial charge in [0.15, 0.2) is 0 Å². The van der Waals surface area contributed by atoms with Gasteiger partial charge in [0.05, 0.1) is 0 Å². The molecule has 0 saturated carbocycles. The van der Waals surface area contributed by atoms with Crippen LogP contribution in [-0.4, -0.2) is 54.4 Å². The normalized spacial score (nSPS) is 25.7. The van der Waals surface area contributed by atoms with Crippen molar-refractivity contribution >= 4 is 0 Å². The zero-order chi connectivity index (χ0) is 14.1. The van der Waals surface area contributed by atoms with E-state index in [0.717, 1.165) is 45.3 Å². The summed E-state index contributed by atoms with van der Waals surface area (Å²) in [4.78, 5) is 2.56. The topological polar surface area (TPSA) is 61.5 Å². The first-order chi connectivity index (χ1) is 9.13. The highest BCUT2D eigenvalue weighted by Crippen LogP contribution is 2.22. The molecule has 4 nitrogen and oxygen atoms in total. The lowest BCUT2D eigenvalue weighted by Crippen LogP contribution is -2.52. The SMILES string of the molecule is CC(C)N1CCCC(CN)(NCCCCCO)CC1. The van der Waals surface area contributed by atoms with E-state index in [4.69, 9.17) is 10.8 Å². The minimum atomic E-state index is 0.142. The molecule has 19 heavy (non-hydrogen) atoms. The molecule has 1 aliphatic rings. The van der Waals surface area contributed by atoms with Crippen molar-refractivity contribution < 1.29 is 5.11 Å². The molecule has 0 spiro atoms. The van der Waals surface area contributed by atoms with Crippen molar-refractivity contribution in [1.82, 2.24) is 10.2 Å². The van der Waals surface area contributed by atoms with E-state index in [2.05, 4.69) is 24.1 Å². The molecule has 0 amide bonds. The van der Waals surface area contributed by atoms with E-state index in [1.54, 1.807) is 0 Å². The van der Waals surface area contributed by atoms with E-state index in [-0.39, 0.29) is 5.54 Å². The van der Waals surface area contributed by atoms with Crippen molar-refractivity contribution in [3.8, 4) is 0 Å². The number of aliphatic hydroxyl groups is 1. The molecule has 114 valence electrons. The van der Waals surface area contributed by atoms with Gasteiger partial charge in [0.25, 0.3) is 0 Å². The highest BCUT2D eigenvalue weighted by Gasteiger charge is 2.31. The van der Waals surface area contributed by atoms with E-state index in [0.29, 0.717) is 12.6 Å². The molecule has 1 aliphatic heterocycles. The van der Waals surface area contributed by atoms with E-state index in [9.17, 15) is 0 Å². The number of hydrogen-bond donors (Lipinski definition) is 3. The van der Waals surface area contributed by atoms with Crippen LogP contribution in [-0.2, 0) is 0 Å². The molecule has 0 aromatic rings. The molecule has 4 heteroatoms. The Morgan fingerprint density at radius 2 is 2.00 bits per heavy atom. The van der Waals surface area contributed by atoms with Crippen LogP contribution in [0.5, 0.6) is 0 Å². The maximum absolute atomic E-state index is 8.78. The monoisotopic (exact) mass is 271 g/mol. The van der Waals surface area contributed by atoms with Crippen LogP contribution in [0.2, 0.25) is 0 Å². The number of nitrogens with two attached hydrogens (primary N) is 1.